The van der Waals surface area contributed by atoms with Crippen molar-refractivity contribution in [3.8, 4) is 0 Å². The summed E-state index contributed by atoms with van der Waals surface area (Å²) < 4.78 is -0.703. The summed E-state index contributed by atoms with van der Waals surface area (Å²) in [5.41, 5.74) is 3.08. The molecule has 29 heavy (non-hydrogen) atoms. The molecule has 0 spiro atoms. The number of thioether (sulfide) groups is 1. The van der Waals surface area contributed by atoms with Crippen molar-refractivity contribution in [3.63, 3.8) is 0 Å². The first-order chi connectivity index (χ1) is 14.0. The van der Waals surface area contributed by atoms with Crippen LogP contribution in [0, 0.1) is 0 Å². The van der Waals surface area contributed by atoms with Gasteiger partial charge in [-0.05, 0) is 23.6 Å². The van der Waals surface area contributed by atoms with E-state index in [4.69, 9.17) is 0 Å². The third-order valence-corrected chi connectivity index (χ3v) is 6.70. The first-order valence-electron chi connectivity index (χ1n) is 9.53. The predicted octanol–water partition coefficient (Wildman–Crippen LogP) is 4.76. The third-order valence-electron chi connectivity index (χ3n) is 4.87. The van der Waals surface area contributed by atoms with Gasteiger partial charge in [-0.25, -0.2) is 0 Å². The number of rotatable bonds is 7. The predicted molar refractivity (Wildman–Crippen MR) is 120 cm³/mol. The summed E-state index contributed by atoms with van der Waals surface area (Å²) in [5, 5.41) is -0.814. The van der Waals surface area contributed by atoms with Gasteiger partial charge < -0.3 is 4.90 Å². The standard InChI is InChI=1S/C25H25NO2S/c1-19(27)23(24(28)26(2)3)29-25(20-13-7-4-8-14-20,21-15-9-5-10-16-21)22-17-11-6-12-18-22/h4-18,23H,1-3H3. The van der Waals surface area contributed by atoms with Gasteiger partial charge in [0.15, 0.2) is 5.78 Å². The smallest absolute Gasteiger partial charge is 0.242 e. The van der Waals surface area contributed by atoms with Crippen molar-refractivity contribution in [1.82, 2.24) is 4.90 Å². The second-order valence-electron chi connectivity index (χ2n) is 7.12. The van der Waals surface area contributed by atoms with E-state index in [1.54, 1.807) is 14.1 Å². The normalized spacial score (nSPS) is 12.2. The molecule has 0 bridgehead atoms. The summed E-state index contributed by atoms with van der Waals surface area (Å²) in [6, 6.07) is 30.2. The van der Waals surface area contributed by atoms with E-state index < -0.39 is 10.00 Å². The van der Waals surface area contributed by atoms with Crippen LogP contribution < -0.4 is 0 Å². The van der Waals surface area contributed by atoms with Crippen LogP contribution in [0.25, 0.3) is 0 Å². The second-order valence-corrected chi connectivity index (χ2v) is 8.44. The number of benzene rings is 3. The Morgan fingerprint density at radius 2 is 1.07 bits per heavy atom. The first-order valence-corrected chi connectivity index (χ1v) is 10.4. The molecule has 3 rings (SSSR count). The van der Waals surface area contributed by atoms with Crippen LogP contribution >= 0.6 is 11.8 Å². The highest BCUT2D eigenvalue weighted by molar-refractivity contribution is 8.02. The lowest BCUT2D eigenvalue weighted by Gasteiger charge is -2.37. The van der Waals surface area contributed by atoms with Gasteiger partial charge in [-0.15, -0.1) is 11.8 Å². The molecule has 0 aliphatic heterocycles. The molecule has 0 fully saturated rings. The fraction of sp³-hybridized carbons (Fsp3) is 0.200. The first kappa shape index (κ1) is 20.9. The maximum absolute atomic E-state index is 12.9. The largest absolute Gasteiger partial charge is 0.347 e. The zero-order valence-electron chi connectivity index (χ0n) is 16.9. The maximum atomic E-state index is 12.9. The minimum Gasteiger partial charge on any atom is -0.347 e. The van der Waals surface area contributed by atoms with Gasteiger partial charge in [0.1, 0.15) is 5.25 Å². The number of carbonyl (C=O) groups is 2. The Hall–Kier alpha value is -2.85. The molecule has 0 saturated carbocycles. The molecule has 148 valence electrons. The van der Waals surface area contributed by atoms with E-state index in [0.29, 0.717) is 0 Å². The van der Waals surface area contributed by atoms with Crippen LogP contribution in [0.4, 0.5) is 0 Å². The number of carbonyl (C=O) groups excluding carboxylic acids is 2. The van der Waals surface area contributed by atoms with E-state index in [1.807, 2.05) is 54.6 Å². The molecule has 0 N–H and O–H groups in total. The number of hydrogen-bond acceptors (Lipinski definition) is 3. The molecule has 4 heteroatoms. The minimum atomic E-state index is -0.814. The van der Waals surface area contributed by atoms with Gasteiger partial charge in [0.25, 0.3) is 0 Å². The topological polar surface area (TPSA) is 37.4 Å². The number of Topliss-reactive ketones (excluding diaryl/α,β-unsaturated/α-hetero) is 1. The van der Waals surface area contributed by atoms with Gasteiger partial charge >= 0.3 is 0 Å². The monoisotopic (exact) mass is 403 g/mol. The second kappa shape index (κ2) is 9.10. The average Bonchev–Trinajstić information content (AvgIpc) is 2.76. The number of ketones is 1. The molecule has 0 aromatic heterocycles. The molecule has 0 radical (unpaired) electrons. The van der Waals surface area contributed by atoms with Crippen LogP contribution in [0.1, 0.15) is 23.6 Å². The van der Waals surface area contributed by atoms with Crippen LogP contribution in [0.3, 0.4) is 0 Å². The number of amides is 1. The van der Waals surface area contributed by atoms with E-state index in [-0.39, 0.29) is 11.7 Å². The van der Waals surface area contributed by atoms with Gasteiger partial charge in [0.05, 0.1) is 4.75 Å². The zero-order chi connectivity index (χ0) is 20.9. The molecule has 0 aliphatic rings. The lowest BCUT2D eigenvalue weighted by Crippen LogP contribution is -2.40. The van der Waals surface area contributed by atoms with Crippen molar-refractivity contribution in [1.29, 1.82) is 0 Å². The molecular formula is C25H25NO2S. The van der Waals surface area contributed by atoms with Gasteiger partial charge in [-0.2, -0.15) is 0 Å². The number of hydrogen-bond donors (Lipinski definition) is 0. The lowest BCUT2D eigenvalue weighted by molar-refractivity contribution is -0.132. The highest BCUT2D eigenvalue weighted by Crippen LogP contribution is 2.50. The molecule has 0 aliphatic carbocycles. The Morgan fingerprint density at radius 1 is 0.724 bits per heavy atom. The fourth-order valence-electron chi connectivity index (χ4n) is 3.44. The van der Waals surface area contributed by atoms with Crippen LogP contribution in [0.5, 0.6) is 0 Å². The molecular weight excluding hydrogens is 378 g/mol. The van der Waals surface area contributed by atoms with E-state index in [9.17, 15) is 9.59 Å². The van der Waals surface area contributed by atoms with Crippen molar-refractivity contribution >= 4 is 23.5 Å². The molecule has 1 unspecified atom stereocenters. The highest BCUT2D eigenvalue weighted by atomic mass is 32.2. The van der Waals surface area contributed by atoms with E-state index in [1.165, 1.54) is 23.6 Å². The van der Waals surface area contributed by atoms with Crippen molar-refractivity contribution in [2.24, 2.45) is 0 Å². The van der Waals surface area contributed by atoms with Crippen LogP contribution in [-0.4, -0.2) is 35.9 Å². The summed E-state index contributed by atoms with van der Waals surface area (Å²) in [5.74, 6) is -0.351. The van der Waals surface area contributed by atoms with Crippen molar-refractivity contribution < 1.29 is 9.59 Å². The van der Waals surface area contributed by atoms with E-state index in [2.05, 4.69) is 36.4 Å². The Labute approximate surface area is 176 Å². The summed E-state index contributed by atoms with van der Waals surface area (Å²) in [4.78, 5) is 27.0. The Morgan fingerprint density at radius 3 is 1.34 bits per heavy atom. The van der Waals surface area contributed by atoms with Gasteiger partial charge in [0.2, 0.25) is 5.91 Å². The fourth-order valence-corrected chi connectivity index (χ4v) is 5.09. The SMILES string of the molecule is CC(=O)C(SC(c1ccccc1)(c1ccccc1)c1ccccc1)C(=O)N(C)C. The van der Waals surface area contributed by atoms with Crippen molar-refractivity contribution in [3.05, 3.63) is 108 Å². The van der Waals surface area contributed by atoms with Gasteiger partial charge in [0, 0.05) is 14.1 Å². The summed E-state index contributed by atoms with van der Waals surface area (Å²) in [6.07, 6.45) is 0. The van der Waals surface area contributed by atoms with Crippen LogP contribution in [0.15, 0.2) is 91.0 Å². The average molecular weight is 404 g/mol. The molecule has 0 saturated heterocycles. The van der Waals surface area contributed by atoms with Crippen LogP contribution in [-0.2, 0) is 14.3 Å². The van der Waals surface area contributed by atoms with Crippen molar-refractivity contribution in [2.45, 2.75) is 16.9 Å². The summed E-state index contributed by atoms with van der Waals surface area (Å²) >= 11 is 1.40. The Bertz CT molecular complexity index is 859. The van der Waals surface area contributed by atoms with Crippen LogP contribution in [0.2, 0.25) is 0 Å². The highest BCUT2D eigenvalue weighted by Gasteiger charge is 2.42. The quantitative estimate of drug-likeness (QED) is 0.422. The lowest BCUT2D eigenvalue weighted by atomic mass is 9.84. The number of nitrogens with zero attached hydrogens (tertiary/aromatic N) is 1. The van der Waals surface area contributed by atoms with Gasteiger partial charge in [-0.3, -0.25) is 9.59 Å². The summed E-state index contributed by atoms with van der Waals surface area (Å²) in [6.45, 7) is 1.49. The molecule has 1 atom stereocenters. The van der Waals surface area contributed by atoms with E-state index in [0.717, 1.165) is 16.7 Å². The minimum absolute atomic E-state index is 0.152. The van der Waals surface area contributed by atoms with Gasteiger partial charge in [-0.1, -0.05) is 91.0 Å². The molecule has 3 aromatic carbocycles. The summed E-state index contributed by atoms with van der Waals surface area (Å²) in [7, 11) is 3.38. The molecule has 3 nitrogen and oxygen atoms in total. The third kappa shape index (κ3) is 4.28. The van der Waals surface area contributed by atoms with Crippen molar-refractivity contribution in [2.75, 3.05) is 14.1 Å². The molecule has 1 amide bonds. The zero-order valence-corrected chi connectivity index (χ0v) is 17.7. The molecule has 3 aromatic rings. The Balaban J connectivity index is 2.30. The van der Waals surface area contributed by atoms with E-state index >= 15 is 0 Å². The Kier molecular flexibility index (Phi) is 6.55. The molecule has 0 heterocycles. The maximum Gasteiger partial charge on any atom is 0.242 e.